The number of aromatic nitrogens is 4. The van der Waals surface area contributed by atoms with Crippen LogP contribution in [0, 0.1) is 6.92 Å². The van der Waals surface area contributed by atoms with Crippen molar-refractivity contribution in [2.45, 2.75) is 51.9 Å². The van der Waals surface area contributed by atoms with E-state index in [0.717, 1.165) is 27.8 Å². The lowest BCUT2D eigenvalue weighted by Crippen LogP contribution is -2.11. The maximum Gasteiger partial charge on any atom is 0.267 e. The lowest BCUT2D eigenvalue weighted by molar-refractivity contribution is 0.103. The summed E-state index contributed by atoms with van der Waals surface area (Å²) in [6, 6.07) is 7.61. The normalized spacial score (nSPS) is 14.4. The lowest BCUT2D eigenvalue weighted by Gasteiger charge is -2.13. The fourth-order valence-corrected chi connectivity index (χ4v) is 3.78. The zero-order chi connectivity index (χ0) is 19.2. The summed E-state index contributed by atoms with van der Waals surface area (Å²) in [6.45, 7) is 8.18. The van der Waals surface area contributed by atoms with Crippen molar-refractivity contribution in [3.05, 3.63) is 45.7 Å². The van der Waals surface area contributed by atoms with Crippen LogP contribution in [0.3, 0.4) is 0 Å². The Balaban J connectivity index is 1.48. The molecule has 0 spiro atoms. The number of hydrogen-bond donors (Lipinski definition) is 2. The predicted molar refractivity (Wildman–Crippen MR) is 107 cm³/mol. The first-order valence-electron chi connectivity index (χ1n) is 9.13. The molecule has 7 heteroatoms. The van der Waals surface area contributed by atoms with Crippen molar-refractivity contribution in [2.75, 3.05) is 5.32 Å². The van der Waals surface area contributed by atoms with Crippen LogP contribution in [0.2, 0.25) is 0 Å². The van der Waals surface area contributed by atoms with Gasteiger partial charge < -0.3 is 5.32 Å². The largest absolute Gasteiger partial charge is 0.321 e. The molecule has 0 radical (unpaired) electrons. The van der Waals surface area contributed by atoms with E-state index in [-0.39, 0.29) is 11.3 Å². The number of aryl methyl sites for hydroxylation is 1. The Morgan fingerprint density at radius 1 is 1.19 bits per heavy atom. The van der Waals surface area contributed by atoms with E-state index in [9.17, 15) is 4.79 Å². The second-order valence-corrected chi connectivity index (χ2v) is 9.03. The molecular formula is C20H23N5OS. The van der Waals surface area contributed by atoms with E-state index in [1.165, 1.54) is 24.2 Å². The molecule has 2 aromatic heterocycles. The van der Waals surface area contributed by atoms with Gasteiger partial charge in [-0.15, -0.1) is 11.3 Å². The number of benzene rings is 1. The molecule has 3 aromatic rings. The van der Waals surface area contributed by atoms with Crippen molar-refractivity contribution in [3.8, 4) is 11.4 Å². The quantitative estimate of drug-likeness (QED) is 0.688. The molecule has 2 N–H and O–H groups in total. The third-order valence-electron chi connectivity index (χ3n) is 4.51. The SMILES string of the molecule is Cc1nc(C(C)(C)C)sc1C(=O)Nc1ccc(-c2n[nH]c(C3CC3)n2)cc1. The fraction of sp³-hybridized carbons (Fsp3) is 0.400. The van der Waals surface area contributed by atoms with E-state index < -0.39 is 0 Å². The van der Waals surface area contributed by atoms with E-state index in [0.29, 0.717) is 16.6 Å². The molecule has 1 fully saturated rings. The summed E-state index contributed by atoms with van der Waals surface area (Å²) >= 11 is 1.46. The van der Waals surface area contributed by atoms with Gasteiger partial charge in [0, 0.05) is 22.6 Å². The molecule has 0 unspecified atom stereocenters. The number of anilines is 1. The highest BCUT2D eigenvalue weighted by Crippen LogP contribution is 2.38. The number of H-pyrrole nitrogens is 1. The zero-order valence-corrected chi connectivity index (χ0v) is 16.8. The molecule has 4 rings (SSSR count). The van der Waals surface area contributed by atoms with Crippen LogP contribution in [-0.4, -0.2) is 26.1 Å². The minimum absolute atomic E-state index is 0.0640. The van der Waals surface area contributed by atoms with Gasteiger partial charge in [0.25, 0.3) is 5.91 Å². The molecule has 0 saturated heterocycles. The highest BCUT2D eigenvalue weighted by Gasteiger charge is 2.27. The van der Waals surface area contributed by atoms with Crippen LogP contribution in [0.25, 0.3) is 11.4 Å². The number of thiazole rings is 1. The summed E-state index contributed by atoms with van der Waals surface area (Å²) in [5, 5.41) is 11.2. The van der Waals surface area contributed by atoms with Gasteiger partial charge in [-0.25, -0.2) is 9.97 Å². The van der Waals surface area contributed by atoms with Gasteiger partial charge in [0.1, 0.15) is 10.7 Å². The van der Waals surface area contributed by atoms with Crippen LogP contribution in [-0.2, 0) is 5.41 Å². The number of amides is 1. The molecule has 2 heterocycles. The maximum atomic E-state index is 12.6. The number of hydrogen-bond acceptors (Lipinski definition) is 5. The van der Waals surface area contributed by atoms with Gasteiger partial charge in [-0.3, -0.25) is 9.89 Å². The predicted octanol–water partition coefficient (Wildman–Crippen LogP) is 4.66. The first kappa shape index (κ1) is 17.9. The number of carbonyl (C=O) groups excluding carboxylic acids is 1. The topological polar surface area (TPSA) is 83.6 Å². The molecule has 1 amide bonds. The molecule has 6 nitrogen and oxygen atoms in total. The molecule has 1 aliphatic carbocycles. The van der Waals surface area contributed by atoms with Gasteiger partial charge >= 0.3 is 0 Å². The first-order valence-corrected chi connectivity index (χ1v) is 9.95. The Hall–Kier alpha value is -2.54. The summed E-state index contributed by atoms with van der Waals surface area (Å²) in [6.07, 6.45) is 2.38. The second-order valence-electron chi connectivity index (χ2n) is 8.03. The Morgan fingerprint density at radius 3 is 2.48 bits per heavy atom. The van der Waals surface area contributed by atoms with Gasteiger partial charge in [-0.1, -0.05) is 20.8 Å². The van der Waals surface area contributed by atoms with Crippen molar-refractivity contribution >= 4 is 22.9 Å². The summed E-state index contributed by atoms with van der Waals surface area (Å²) in [5.74, 6) is 2.09. The van der Waals surface area contributed by atoms with E-state index in [1.807, 2.05) is 31.2 Å². The minimum atomic E-state index is -0.123. The molecule has 27 heavy (non-hydrogen) atoms. The monoisotopic (exact) mass is 381 g/mol. The van der Waals surface area contributed by atoms with Crippen molar-refractivity contribution in [1.82, 2.24) is 20.2 Å². The summed E-state index contributed by atoms with van der Waals surface area (Å²) in [7, 11) is 0. The average Bonchev–Trinajstić information content (AvgIpc) is 3.20. The van der Waals surface area contributed by atoms with E-state index >= 15 is 0 Å². The van der Waals surface area contributed by atoms with E-state index in [2.05, 4.69) is 46.3 Å². The third-order valence-corrected chi connectivity index (χ3v) is 6.09. The molecular weight excluding hydrogens is 358 g/mol. The van der Waals surface area contributed by atoms with Crippen molar-refractivity contribution in [2.24, 2.45) is 0 Å². The zero-order valence-electron chi connectivity index (χ0n) is 16.0. The number of aromatic amines is 1. The third kappa shape index (κ3) is 3.78. The van der Waals surface area contributed by atoms with Crippen LogP contribution in [0.1, 0.15) is 65.7 Å². The molecule has 1 aromatic carbocycles. The minimum Gasteiger partial charge on any atom is -0.321 e. The lowest BCUT2D eigenvalue weighted by atomic mass is 9.98. The average molecular weight is 382 g/mol. The van der Waals surface area contributed by atoms with Crippen molar-refractivity contribution in [3.63, 3.8) is 0 Å². The van der Waals surface area contributed by atoms with Crippen LogP contribution < -0.4 is 5.32 Å². The van der Waals surface area contributed by atoms with Crippen LogP contribution in [0.4, 0.5) is 5.69 Å². The van der Waals surface area contributed by atoms with Gasteiger partial charge in [-0.2, -0.15) is 5.10 Å². The first-order chi connectivity index (χ1) is 12.8. The van der Waals surface area contributed by atoms with E-state index in [1.54, 1.807) is 0 Å². The Morgan fingerprint density at radius 2 is 1.89 bits per heavy atom. The fourth-order valence-electron chi connectivity index (χ4n) is 2.76. The number of rotatable bonds is 4. The number of carbonyl (C=O) groups is 1. The van der Waals surface area contributed by atoms with E-state index in [4.69, 9.17) is 0 Å². The van der Waals surface area contributed by atoms with Gasteiger partial charge in [-0.05, 0) is 44.0 Å². The second kappa shape index (κ2) is 6.56. The highest BCUT2D eigenvalue weighted by atomic mass is 32.1. The van der Waals surface area contributed by atoms with Crippen LogP contribution in [0.15, 0.2) is 24.3 Å². The van der Waals surface area contributed by atoms with Crippen molar-refractivity contribution < 1.29 is 4.79 Å². The Bertz CT molecular complexity index is 977. The standard InChI is InChI=1S/C20H23N5OS/c1-11-15(27-19(21-11)20(2,3)4)18(26)22-14-9-7-13(8-10-14)17-23-16(24-25-17)12-5-6-12/h7-10,12H,5-6H2,1-4H3,(H,22,26)(H,23,24,25). The maximum absolute atomic E-state index is 12.6. The molecule has 0 bridgehead atoms. The van der Waals surface area contributed by atoms with Crippen molar-refractivity contribution in [1.29, 1.82) is 0 Å². The number of nitrogens with one attached hydrogen (secondary N) is 2. The molecule has 140 valence electrons. The molecule has 0 atom stereocenters. The summed E-state index contributed by atoms with van der Waals surface area (Å²) in [5.41, 5.74) is 2.38. The molecule has 0 aliphatic heterocycles. The Labute approximate surface area is 162 Å². The van der Waals surface area contributed by atoms with Gasteiger partial charge in [0.2, 0.25) is 0 Å². The summed E-state index contributed by atoms with van der Waals surface area (Å²) < 4.78 is 0. The molecule has 1 saturated carbocycles. The van der Waals surface area contributed by atoms with Gasteiger partial charge in [0.15, 0.2) is 5.82 Å². The van der Waals surface area contributed by atoms with Crippen LogP contribution in [0.5, 0.6) is 0 Å². The molecule has 1 aliphatic rings. The number of nitrogens with zero attached hydrogens (tertiary/aromatic N) is 3. The summed E-state index contributed by atoms with van der Waals surface area (Å²) in [4.78, 5) is 22.4. The highest BCUT2D eigenvalue weighted by molar-refractivity contribution is 7.14. The Kier molecular flexibility index (Phi) is 4.34. The van der Waals surface area contributed by atoms with Crippen LogP contribution >= 0.6 is 11.3 Å². The smallest absolute Gasteiger partial charge is 0.267 e. The van der Waals surface area contributed by atoms with Gasteiger partial charge in [0.05, 0.1) is 10.7 Å².